The van der Waals surface area contributed by atoms with E-state index in [-0.39, 0.29) is 24.2 Å². The van der Waals surface area contributed by atoms with Crippen molar-refractivity contribution in [2.45, 2.75) is 13.0 Å². The standard InChI is InChI=1S/C16H19N5O2.ClH/c1-21(2)16(23)10-3-5-11(6-4-10)18-15(22)14-12-9-17-8-7-13(12)19-20-14;/h3-6,17H,7-9H2,1-2H3,(H,18,22)(H,19,20);1H. The van der Waals surface area contributed by atoms with E-state index >= 15 is 0 Å². The Morgan fingerprint density at radius 2 is 1.92 bits per heavy atom. The molecule has 3 N–H and O–H groups in total. The summed E-state index contributed by atoms with van der Waals surface area (Å²) in [4.78, 5) is 25.7. The lowest BCUT2D eigenvalue weighted by Gasteiger charge is -2.13. The van der Waals surface area contributed by atoms with Gasteiger partial charge in [-0.2, -0.15) is 5.10 Å². The molecule has 0 saturated heterocycles. The maximum Gasteiger partial charge on any atom is 0.276 e. The van der Waals surface area contributed by atoms with Crippen molar-refractivity contribution in [1.29, 1.82) is 0 Å². The van der Waals surface area contributed by atoms with Gasteiger partial charge >= 0.3 is 0 Å². The van der Waals surface area contributed by atoms with Crippen LogP contribution >= 0.6 is 12.4 Å². The van der Waals surface area contributed by atoms with E-state index < -0.39 is 0 Å². The number of amides is 2. The third-order valence-corrected chi connectivity index (χ3v) is 3.82. The van der Waals surface area contributed by atoms with E-state index in [1.165, 1.54) is 4.90 Å². The number of nitrogens with one attached hydrogen (secondary N) is 3. The van der Waals surface area contributed by atoms with Crippen LogP contribution in [0.2, 0.25) is 0 Å². The van der Waals surface area contributed by atoms with Crippen molar-refractivity contribution in [1.82, 2.24) is 20.4 Å². The molecule has 1 aromatic carbocycles. The molecule has 3 rings (SSSR count). The monoisotopic (exact) mass is 349 g/mol. The molecule has 0 bridgehead atoms. The number of fused-ring (bicyclic) bond motifs is 1. The Bertz CT molecular complexity index is 739. The number of benzene rings is 1. The molecule has 0 radical (unpaired) electrons. The summed E-state index contributed by atoms with van der Waals surface area (Å²) in [5.41, 5.74) is 3.56. The second-order valence-corrected chi connectivity index (χ2v) is 5.69. The Balaban J connectivity index is 0.00000208. The number of H-pyrrole nitrogens is 1. The lowest BCUT2D eigenvalue weighted by atomic mass is 10.1. The first-order chi connectivity index (χ1) is 11.1. The van der Waals surface area contributed by atoms with Gasteiger partial charge in [0.1, 0.15) is 0 Å². The van der Waals surface area contributed by atoms with E-state index in [4.69, 9.17) is 0 Å². The number of halogens is 1. The zero-order valence-electron chi connectivity index (χ0n) is 13.5. The van der Waals surface area contributed by atoms with Crippen molar-refractivity contribution in [3.05, 3.63) is 46.8 Å². The van der Waals surface area contributed by atoms with Gasteiger partial charge in [0.2, 0.25) is 0 Å². The van der Waals surface area contributed by atoms with E-state index in [0.29, 0.717) is 23.5 Å². The van der Waals surface area contributed by atoms with Crippen molar-refractivity contribution in [3.8, 4) is 0 Å². The average molecular weight is 350 g/mol. The first-order valence-electron chi connectivity index (χ1n) is 7.46. The van der Waals surface area contributed by atoms with Gasteiger partial charge in [-0.3, -0.25) is 14.7 Å². The second-order valence-electron chi connectivity index (χ2n) is 5.69. The van der Waals surface area contributed by atoms with E-state index in [1.54, 1.807) is 38.4 Å². The molecule has 2 amide bonds. The molecule has 7 nitrogen and oxygen atoms in total. The molecule has 1 aliphatic rings. The number of anilines is 1. The molecule has 24 heavy (non-hydrogen) atoms. The zero-order chi connectivity index (χ0) is 16.4. The highest BCUT2D eigenvalue weighted by atomic mass is 35.5. The van der Waals surface area contributed by atoms with Gasteiger partial charge in [0, 0.05) is 56.1 Å². The molecule has 0 unspecified atom stereocenters. The molecule has 0 atom stereocenters. The van der Waals surface area contributed by atoms with Gasteiger partial charge in [-0.15, -0.1) is 12.4 Å². The maximum absolute atomic E-state index is 12.4. The van der Waals surface area contributed by atoms with Crippen molar-refractivity contribution < 1.29 is 9.59 Å². The van der Waals surface area contributed by atoms with Crippen LogP contribution < -0.4 is 10.6 Å². The molecule has 128 valence electrons. The topological polar surface area (TPSA) is 90.1 Å². The van der Waals surface area contributed by atoms with Crippen LogP contribution in [0.25, 0.3) is 0 Å². The van der Waals surface area contributed by atoms with Gasteiger partial charge < -0.3 is 15.5 Å². The Labute approximate surface area is 146 Å². The van der Waals surface area contributed by atoms with Crippen LogP contribution in [0, 0.1) is 0 Å². The van der Waals surface area contributed by atoms with Gasteiger partial charge in [0.15, 0.2) is 5.69 Å². The Kier molecular flexibility index (Phi) is 5.58. The lowest BCUT2D eigenvalue weighted by molar-refractivity contribution is 0.0827. The maximum atomic E-state index is 12.4. The van der Waals surface area contributed by atoms with Gasteiger partial charge in [-0.25, -0.2) is 0 Å². The fraction of sp³-hybridized carbons (Fsp3) is 0.312. The van der Waals surface area contributed by atoms with Gasteiger partial charge in [-0.05, 0) is 24.3 Å². The summed E-state index contributed by atoms with van der Waals surface area (Å²) in [5.74, 6) is -0.326. The molecular weight excluding hydrogens is 330 g/mol. The molecule has 2 aromatic rings. The van der Waals surface area contributed by atoms with Crippen LogP contribution in [0.1, 0.15) is 32.1 Å². The largest absolute Gasteiger partial charge is 0.345 e. The summed E-state index contributed by atoms with van der Waals surface area (Å²) < 4.78 is 0. The van der Waals surface area contributed by atoms with Gasteiger partial charge in [0.05, 0.1) is 0 Å². The minimum atomic E-state index is -0.252. The number of aromatic amines is 1. The minimum absolute atomic E-state index is 0. The summed E-state index contributed by atoms with van der Waals surface area (Å²) in [6.07, 6.45) is 0.844. The molecule has 0 saturated carbocycles. The quantitative estimate of drug-likeness (QED) is 0.782. The van der Waals surface area contributed by atoms with Crippen LogP contribution in [0.4, 0.5) is 5.69 Å². The third-order valence-electron chi connectivity index (χ3n) is 3.82. The van der Waals surface area contributed by atoms with Crippen molar-refractivity contribution in [2.75, 3.05) is 26.0 Å². The predicted molar refractivity (Wildman–Crippen MR) is 93.7 cm³/mol. The predicted octanol–water partition coefficient (Wildman–Crippen LogP) is 1.43. The zero-order valence-corrected chi connectivity index (χ0v) is 14.4. The summed E-state index contributed by atoms with van der Waals surface area (Å²) in [6.45, 7) is 1.53. The van der Waals surface area contributed by atoms with Crippen molar-refractivity contribution in [2.24, 2.45) is 0 Å². The van der Waals surface area contributed by atoms with E-state index in [1.807, 2.05) is 0 Å². The van der Waals surface area contributed by atoms with Gasteiger partial charge in [0.25, 0.3) is 11.8 Å². The highest BCUT2D eigenvalue weighted by Gasteiger charge is 2.21. The Morgan fingerprint density at radius 1 is 1.21 bits per heavy atom. The first kappa shape index (κ1) is 18.0. The normalized spacial score (nSPS) is 12.8. The molecule has 8 heteroatoms. The lowest BCUT2D eigenvalue weighted by Crippen LogP contribution is -2.25. The van der Waals surface area contributed by atoms with Crippen molar-refractivity contribution >= 4 is 29.9 Å². The molecule has 1 aliphatic heterocycles. The second kappa shape index (κ2) is 7.46. The number of carbonyl (C=O) groups is 2. The van der Waals surface area contributed by atoms with Crippen LogP contribution in [0.5, 0.6) is 0 Å². The summed E-state index contributed by atoms with van der Waals surface area (Å²) >= 11 is 0. The minimum Gasteiger partial charge on any atom is -0.345 e. The number of hydrogen-bond donors (Lipinski definition) is 3. The first-order valence-corrected chi connectivity index (χ1v) is 7.46. The molecular formula is C16H20ClN5O2. The fourth-order valence-electron chi connectivity index (χ4n) is 2.56. The highest BCUT2D eigenvalue weighted by Crippen LogP contribution is 2.17. The van der Waals surface area contributed by atoms with Crippen LogP contribution in [0.15, 0.2) is 24.3 Å². The third kappa shape index (κ3) is 3.58. The van der Waals surface area contributed by atoms with Gasteiger partial charge in [-0.1, -0.05) is 0 Å². The number of carbonyl (C=O) groups excluding carboxylic acids is 2. The molecule has 0 fully saturated rings. The molecule has 0 spiro atoms. The van der Waals surface area contributed by atoms with E-state index in [0.717, 1.165) is 24.2 Å². The smallest absolute Gasteiger partial charge is 0.276 e. The fourth-order valence-corrected chi connectivity index (χ4v) is 2.56. The Morgan fingerprint density at radius 3 is 2.58 bits per heavy atom. The van der Waals surface area contributed by atoms with Crippen LogP contribution in [-0.4, -0.2) is 47.6 Å². The highest BCUT2D eigenvalue weighted by molar-refractivity contribution is 6.04. The van der Waals surface area contributed by atoms with Crippen LogP contribution in [-0.2, 0) is 13.0 Å². The molecule has 0 aliphatic carbocycles. The number of aromatic nitrogens is 2. The number of rotatable bonds is 3. The summed E-state index contributed by atoms with van der Waals surface area (Å²) in [5, 5.41) is 13.1. The summed E-state index contributed by atoms with van der Waals surface area (Å²) in [6, 6.07) is 6.82. The number of nitrogens with zero attached hydrogens (tertiary/aromatic N) is 2. The molecule has 1 aromatic heterocycles. The van der Waals surface area contributed by atoms with Crippen molar-refractivity contribution in [3.63, 3.8) is 0 Å². The summed E-state index contributed by atoms with van der Waals surface area (Å²) in [7, 11) is 3.40. The Hall–Kier alpha value is -2.38. The van der Waals surface area contributed by atoms with Crippen LogP contribution in [0.3, 0.4) is 0 Å². The average Bonchev–Trinajstić information content (AvgIpc) is 2.99. The van der Waals surface area contributed by atoms with E-state index in [2.05, 4.69) is 20.8 Å². The molecule has 2 heterocycles. The SMILES string of the molecule is CN(C)C(=O)c1ccc(NC(=O)c2n[nH]c3c2CNCC3)cc1.Cl. The van der Waals surface area contributed by atoms with E-state index in [9.17, 15) is 9.59 Å². The number of hydrogen-bond acceptors (Lipinski definition) is 4.